The first kappa shape index (κ1) is 21.4. The molecule has 0 aliphatic rings. The van der Waals surface area contributed by atoms with Crippen LogP contribution in [0.1, 0.15) is 21.6 Å². The highest BCUT2D eigenvalue weighted by Gasteiger charge is 2.30. The van der Waals surface area contributed by atoms with Crippen molar-refractivity contribution in [2.24, 2.45) is 0 Å². The summed E-state index contributed by atoms with van der Waals surface area (Å²) in [6, 6.07) is 14.1. The van der Waals surface area contributed by atoms with E-state index in [0.717, 1.165) is 12.1 Å². The minimum Gasteiger partial charge on any atom is -0.492 e. The zero-order valence-electron chi connectivity index (χ0n) is 17.1. The maximum absolute atomic E-state index is 12.8. The Morgan fingerprint density at radius 2 is 1.78 bits per heavy atom. The molecule has 32 heavy (non-hydrogen) atoms. The van der Waals surface area contributed by atoms with Crippen molar-refractivity contribution in [1.82, 2.24) is 19.9 Å². The number of nitrogens with zero attached hydrogens (tertiary/aromatic N) is 3. The lowest BCUT2D eigenvalue weighted by molar-refractivity contribution is -0.137. The molecule has 0 radical (unpaired) electrons. The van der Waals surface area contributed by atoms with Crippen molar-refractivity contribution in [2.75, 3.05) is 13.2 Å². The van der Waals surface area contributed by atoms with Crippen LogP contribution in [0.25, 0.3) is 16.8 Å². The third-order valence-electron chi connectivity index (χ3n) is 4.93. The molecule has 9 heteroatoms. The number of hydrogen-bond donors (Lipinski definition) is 1. The maximum atomic E-state index is 12.8. The molecule has 6 nitrogen and oxygen atoms in total. The van der Waals surface area contributed by atoms with Crippen molar-refractivity contribution >= 4 is 11.6 Å². The van der Waals surface area contributed by atoms with Gasteiger partial charge in [0.05, 0.1) is 29.6 Å². The van der Waals surface area contributed by atoms with Gasteiger partial charge in [0.25, 0.3) is 5.91 Å². The largest absolute Gasteiger partial charge is 0.492 e. The Morgan fingerprint density at radius 1 is 1.06 bits per heavy atom. The van der Waals surface area contributed by atoms with E-state index in [1.54, 1.807) is 6.92 Å². The van der Waals surface area contributed by atoms with Gasteiger partial charge in [-0.25, -0.2) is 9.50 Å². The number of rotatable bonds is 6. The fraction of sp³-hybridized carbons (Fsp3) is 0.174. The van der Waals surface area contributed by atoms with Crippen LogP contribution >= 0.6 is 0 Å². The Morgan fingerprint density at radius 3 is 2.47 bits per heavy atom. The Balaban J connectivity index is 1.48. The number of alkyl halides is 3. The molecule has 0 unspecified atom stereocenters. The van der Waals surface area contributed by atoms with E-state index in [4.69, 9.17) is 4.74 Å². The first-order valence-electron chi connectivity index (χ1n) is 9.81. The summed E-state index contributed by atoms with van der Waals surface area (Å²) in [5.74, 6) is 0.397. The number of amides is 1. The van der Waals surface area contributed by atoms with Crippen LogP contribution in [0.15, 0.2) is 67.0 Å². The van der Waals surface area contributed by atoms with Crippen molar-refractivity contribution < 1.29 is 22.7 Å². The molecule has 2 aromatic heterocycles. The third kappa shape index (κ3) is 4.41. The second kappa shape index (κ2) is 8.70. The highest BCUT2D eigenvalue weighted by atomic mass is 19.4. The highest BCUT2D eigenvalue weighted by molar-refractivity contribution is 5.95. The van der Waals surface area contributed by atoms with Crippen LogP contribution < -0.4 is 10.1 Å². The molecule has 0 aliphatic carbocycles. The van der Waals surface area contributed by atoms with Crippen molar-refractivity contribution in [1.29, 1.82) is 0 Å². The number of nitrogens with one attached hydrogen (secondary N) is 1. The van der Waals surface area contributed by atoms with Crippen LogP contribution in [0.3, 0.4) is 0 Å². The molecule has 0 saturated carbocycles. The summed E-state index contributed by atoms with van der Waals surface area (Å²) in [7, 11) is 0. The van der Waals surface area contributed by atoms with Gasteiger partial charge < -0.3 is 10.1 Å². The molecule has 4 rings (SSSR count). The Hall–Kier alpha value is -3.88. The molecule has 0 saturated heterocycles. The zero-order valence-corrected chi connectivity index (χ0v) is 17.1. The lowest BCUT2D eigenvalue weighted by atomic mass is 10.1. The van der Waals surface area contributed by atoms with Crippen LogP contribution in [0.5, 0.6) is 5.75 Å². The number of hydrogen-bond acceptors (Lipinski definition) is 4. The fourth-order valence-electron chi connectivity index (χ4n) is 3.26. The Bertz CT molecular complexity index is 1240. The molecular formula is C23H19F3N4O2. The second-order valence-electron chi connectivity index (χ2n) is 7.04. The van der Waals surface area contributed by atoms with E-state index < -0.39 is 11.7 Å². The molecule has 1 amide bonds. The van der Waals surface area contributed by atoms with Crippen LogP contribution in [0.2, 0.25) is 0 Å². The monoisotopic (exact) mass is 440 g/mol. The Labute approximate surface area is 181 Å². The van der Waals surface area contributed by atoms with Crippen molar-refractivity contribution in [2.45, 2.75) is 13.1 Å². The summed E-state index contributed by atoms with van der Waals surface area (Å²) < 4.78 is 45.5. The van der Waals surface area contributed by atoms with E-state index in [1.807, 2.05) is 30.3 Å². The van der Waals surface area contributed by atoms with Gasteiger partial charge in [-0.1, -0.05) is 30.3 Å². The van der Waals surface area contributed by atoms with E-state index in [0.29, 0.717) is 46.9 Å². The van der Waals surface area contributed by atoms with Crippen molar-refractivity contribution in [3.63, 3.8) is 0 Å². The summed E-state index contributed by atoms with van der Waals surface area (Å²) in [5, 5.41) is 7.05. The number of benzene rings is 2. The lowest BCUT2D eigenvalue weighted by Crippen LogP contribution is -2.29. The number of para-hydroxylation sites is 1. The molecule has 1 N–H and O–H groups in total. The molecular weight excluding hydrogens is 421 g/mol. The summed E-state index contributed by atoms with van der Waals surface area (Å²) in [4.78, 5) is 16.9. The van der Waals surface area contributed by atoms with Gasteiger partial charge in [-0.05, 0) is 36.8 Å². The standard InChI is InChI=1S/C23H19F3N4O2/c1-15-19(22(31)27-11-12-32-18-5-3-2-4-6-18)13-28-21-20(14-29-30(15)21)16-7-9-17(10-8-16)23(24,25)26/h2-10,13-14H,11-12H2,1H3,(H,27,31). The van der Waals surface area contributed by atoms with Gasteiger partial charge in [0, 0.05) is 11.8 Å². The molecule has 0 bridgehead atoms. The van der Waals surface area contributed by atoms with Gasteiger partial charge in [-0.3, -0.25) is 4.79 Å². The van der Waals surface area contributed by atoms with Gasteiger partial charge in [-0.2, -0.15) is 18.3 Å². The van der Waals surface area contributed by atoms with E-state index in [1.165, 1.54) is 29.0 Å². The van der Waals surface area contributed by atoms with Crippen LogP contribution in [-0.4, -0.2) is 33.7 Å². The van der Waals surface area contributed by atoms with Gasteiger partial charge in [-0.15, -0.1) is 0 Å². The predicted octanol–water partition coefficient (Wildman–Crippen LogP) is 4.53. The zero-order chi connectivity index (χ0) is 22.7. The van der Waals surface area contributed by atoms with Crippen LogP contribution in [0.4, 0.5) is 13.2 Å². The SMILES string of the molecule is Cc1c(C(=O)NCCOc2ccccc2)cnc2c(-c3ccc(C(F)(F)F)cc3)cnn12. The van der Waals surface area contributed by atoms with E-state index >= 15 is 0 Å². The smallest absolute Gasteiger partial charge is 0.416 e. The average Bonchev–Trinajstić information content (AvgIpc) is 3.22. The number of halogens is 3. The average molecular weight is 440 g/mol. The van der Waals surface area contributed by atoms with E-state index in [-0.39, 0.29) is 5.91 Å². The van der Waals surface area contributed by atoms with Crippen LogP contribution in [-0.2, 0) is 6.18 Å². The summed E-state index contributed by atoms with van der Waals surface area (Å²) in [6.07, 6.45) is -1.44. The number of carbonyl (C=O) groups excluding carboxylic acids is 1. The number of aromatic nitrogens is 3. The summed E-state index contributed by atoms with van der Waals surface area (Å²) >= 11 is 0. The normalized spacial score (nSPS) is 11.5. The van der Waals surface area contributed by atoms with Gasteiger partial charge >= 0.3 is 6.18 Å². The van der Waals surface area contributed by atoms with Gasteiger partial charge in [0.1, 0.15) is 12.4 Å². The molecule has 0 aliphatic heterocycles. The first-order chi connectivity index (χ1) is 15.3. The topological polar surface area (TPSA) is 68.5 Å². The molecule has 0 fully saturated rings. The van der Waals surface area contributed by atoms with Gasteiger partial charge in [0.15, 0.2) is 5.65 Å². The minimum absolute atomic E-state index is 0.307. The minimum atomic E-state index is -4.40. The number of fused-ring (bicyclic) bond motifs is 1. The molecule has 4 aromatic rings. The first-order valence-corrected chi connectivity index (χ1v) is 9.81. The molecule has 164 valence electrons. The summed E-state index contributed by atoms with van der Waals surface area (Å²) in [6.45, 7) is 2.35. The van der Waals surface area contributed by atoms with Crippen LogP contribution in [0, 0.1) is 6.92 Å². The number of carbonyl (C=O) groups is 1. The number of aryl methyl sites for hydroxylation is 1. The highest BCUT2D eigenvalue weighted by Crippen LogP contribution is 2.32. The third-order valence-corrected chi connectivity index (χ3v) is 4.93. The van der Waals surface area contributed by atoms with E-state index in [9.17, 15) is 18.0 Å². The van der Waals surface area contributed by atoms with Crippen molar-refractivity contribution in [3.05, 3.63) is 83.8 Å². The maximum Gasteiger partial charge on any atom is 0.416 e. The molecule has 2 heterocycles. The fourth-order valence-corrected chi connectivity index (χ4v) is 3.26. The second-order valence-corrected chi connectivity index (χ2v) is 7.04. The Kier molecular flexibility index (Phi) is 5.81. The summed E-state index contributed by atoms with van der Waals surface area (Å²) in [5.41, 5.74) is 1.76. The van der Waals surface area contributed by atoms with Gasteiger partial charge in [0.2, 0.25) is 0 Å². The number of ether oxygens (including phenoxy) is 1. The molecule has 0 spiro atoms. The van der Waals surface area contributed by atoms with Crippen molar-refractivity contribution in [3.8, 4) is 16.9 Å². The van der Waals surface area contributed by atoms with E-state index in [2.05, 4.69) is 15.4 Å². The molecule has 2 aromatic carbocycles. The molecule has 0 atom stereocenters. The lowest BCUT2D eigenvalue weighted by Gasteiger charge is -2.10. The predicted molar refractivity (Wildman–Crippen MR) is 112 cm³/mol. The quantitative estimate of drug-likeness (QED) is 0.447.